The van der Waals surface area contributed by atoms with Crippen LogP contribution >= 0.6 is 0 Å². The summed E-state index contributed by atoms with van der Waals surface area (Å²) in [6.07, 6.45) is 15.4. The monoisotopic (exact) mass is 1590 g/mol. The molecule has 4 aromatic heterocycles. The number of hydrogen-bond acceptors (Lipinski definition) is 18. The summed E-state index contributed by atoms with van der Waals surface area (Å²) in [6.45, 7) is 18.4. The van der Waals surface area contributed by atoms with Gasteiger partial charge in [-0.2, -0.15) is 0 Å². The van der Waals surface area contributed by atoms with Crippen LogP contribution in [0.5, 0.6) is 11.5 Å². The molecule has 4 fully saturated rings. The topological polar surface area (TPSA) is 368 Å². The lowest BCUT2D eigenvalue weighted by Gasteiger charge is -2.30. The lowest BCUT2D eigenvalue weighted by molar-refractivity contribution is -0.136. The number of rotatable bonds is 22. The van der Waals surface area contributed by atoms with E-state index in [2.05, 4.69) is 82.6 Å². The number of alkyl carbamates (subject to hydrolysis) is 4. The molecule has 1 aliphatic carbocycles. The first-order chi connectivity index (χ1) is 56.0. The maximum Gasteiger partial charge on any atom is 0.407 e. The van der Waals surface area contributed by atoms with Gasteiger partial charge >= 0.3 is 24.4 Å². The van der Waals surface area contributed by atoms with E-state index in [1.165, 1.54) is 45.1 Å². The second-order valence-corrected chi connectivity index (χ2v) is 31.9. The number of fused-ring (bicyclic) bond motifs is 2. The van der Waals surface area contributed by atoms with E-state index in [0.29, 0.717) is 62.5 Å². The molecule has 5 aliphatic heterocycles. The third-order valence-electron chi connectivity index (χ3n) is 23.2. The molecule has 14 rings (SSSR count). The van der Waals surface area contributed by atoms with Crippen molar-refractivity contribution in [2.75, 3.05) is 67.8 Å². The predicted octanol–water partition coefficient (Wildman–Crippen LogP) is 13.1. The molecular formula is C86H108N16O14. The van der Waals surface area contributed by atoms with Crippen molar-refractivity contribution in [2.45, 2.75) is 181 Å². The van der Waals surface area contributed by atoms with Crippen LogP contribution in [0.2, 0.25) is 0 Å². The first kappa shape index (κ1) is 82.3. The van der Waals surface area contributed by atoms with Crippen LogP contribution in [0.25, 0.3) is 67.3 Å². The summed E-state index contributed by atoms with van der Waals surface area (Å²) in [5.41, 5.74) is 14.1. The Morgan fingerprint density at radius 3 is 0.957 bits per heavy atom. The zero-order chi connectivity index (χ0) is 82.2. The molecule has 4 aromatic carbocycles. The Hall–Kier alpha value is -11.7. The molecule has 8 aromatic rings. The average Bonchev–Trinajstić information content (AvgIpc) is 1.45. The molecule has 30 nitrogen and oxygen atoms in total. The first-order valence-electron chi connectivity index (χ1n) is 40.6. The van der Waals surface area contributed by atoms with Crippen molar-refractivity contribution in [3.05, 3.63) is 132 Å². The van der Waals surface area contributed by atoms with Crippen LogP contribution in [0.15, 0.2) is 97.6 Å². The van der Waals surface area contributed by atoms with Crippen molar-refractivity contribution in [3.63, 3.8) is 0 Å². The Morgan fingerprint density at radius 2 is 0.621 bits per heavy atom. The van der Waals surface area contributed by atoms with Gasteiger partial charge in [0.2, 0.25) is 23.6 Å². The maximum absolute atomic E-state index is 13.7. The van der Waals surface area contributed by atoms with Gasteiger partial charge in [0.15, 0.2) is 11.5 Å². The quantitative estimate of drug-likeness (QED) is 0.0292. The molecule has 616 valence electrons. The van der Waals surface area contributed by atoms with Gasteiger partial charge < -0.3 is 89.2 Å². The molecule has 0 saturated carbocycles. The van der Waals surface area contributed by atoms with E-state index in [1.807, 2.05) is 114 Å². The summed E-state index contributed by atoms with van der Waals surface area (Å²) in [5, 5.41) is 10.8. The maximum atomic E-state index is 13.7. The van der Waals surface area contributed by atoms with Crippen LogP contribution < -0.4 is 30.7 Å². The smallest absolute Gasteiger partial charge is 0.407 e. The molecule has 116 heavy (non-hydrogen) atoms. The van der Waals surface area contributed by atoms with Gasteiger partial charge in [-0.1, -0.05) is 116 Å². The standard InChI is InChI=1S/C44H56N8O6.C42H52N8O8/c1-25(2)37(49-43(55)57-5)41(53)51-21-9-13-35(51)39-45-23-33(47-39)28-17-15-27(16-18-28)29-19-20-32(31-12-8-7-11-30(29)31)34-24-46-40(48-34)36-14-10-22-52(36)42(54)38(26(3)4)50-44(56)58-6;1-23(2)33(47-41(53)55-5)39(51)49-17-7-9-31(49)37-43-21-29(45-37)26-13-11-25(12-14-26)27-15-16-28(36-35(27)57-19-20-58-36)30-22-44-38(46-30)32-10-8-18-50(32)40(52)34(24(3)4)48-42(54)56-6/h15-20,23-26,35-38H,7-14,21-22H2,1-6H3,(H,45,47)(H,46,48)(H,49,55)(H,50,56);11-16,21-24,31-34H,7-10,17-20H2,1-6H3,(H,43,45)(H,44,46)(H,47,53)(H,48,54)/t35-,36-,37-,38-;31-,32-,33-,34-/m00/s1. The average molecular weight is 1590 g/mol. The fourth-order valence-electron chi connectivity index (χ4n) is 17.0. The molecule has 4 saturated heterocycles. The molecule has 8 amide bonds. The van der Waals surface area contributed by atoms with Crippen LogP contribution in [0.3, 0.4) is 0 Å². The molecule has 0 spiro atoms. The highest BCUT2D eigenvalue weighted by Crippen LogP contribution is 2.48. The minimum atomic E-state index is -0.722. The Morgan fingerprint density at radius 1 is 0.353 bits per heavy atom. The Balaban J connectivity index is 0.000000202. The van der Waals surface area contributed by atoms with E-state index in [0.717, 1.165) is 150 Å². The molecule has 0 unspecified atom stereocenters. The van der Waals surface area contributed by atoms with E-state index < -0.39 is 48.5 Å². The number of aromatic nitrogens is 8. The Labute approximate surface area is 675 Å². The number of amides is 8. The van der Waals surface area contributed by atoms with Crippen LogP contribution in [0.1, 0.15) is 178 Å². The highest BCUT2D eigenvalue weighted by Gasteiger charge is 2.43. The summed E-state index contributed by atoms with van der Waals surface area (Å²) >= 11 is 0. The summed E-state index contributed by atoms with van der Waals surface area (Å²) < 4.78 is 31.6. The van der Waals surface area contributed by atoms with E-state index in [9.17, 15) is 38.4 Å². The number of nitrogens with one attached hydrogen (secondary N) is 8. The van der Waals surface area contributed by atoms with Gasteiger partial charge in [0.25, 0.3) is 0 Å². The van der Waals surface area contributed by atoms with Gasteiger partial charge in [0.1, 0.15) is 60.7 Å². The molecule has 8 atom stereocenters. The van der Waals surface area contributed by atoms with Crippen molar-refractivity contribution in [1.29, 1.82) is 0 Å². The summed E-state index contributed by atoms with van der Waals surface area (Å²) in [7, 11) is 5.16. The van der Waals surface area contributed by atoms with E-state index in [-0.39, 0.29) is 71.5 Å². The van der Waals surface area contributed by atoms with Gasteiger partial charge in [-0.05, 0) is 152 Å². The number of aromatic amines is 4. The lowest BCUT2D eigenvalue weighted by atomic mass is 9.82. The van der Waals surface area contributed by atoms with Crippen molar-refractivity contribution in [1.82, 2.24) is 80.7 Å². The van der Waals surface area contributed by atoms with Crippen LogP contribution in [-0.2, 0) is 51.0 Å². The van der Waals surface area contributed by atoms with Gasteiger partial charge in [0, 0.05) is 42.9 Å². The van der Waals surface area contributed by atoms with Gasteiger partial charge in [0.05, 0.1) is 100 Å². The van der Waals surface area contributed by atoms with E-state index in [4.69, 9.17) is 43.4 Å². The number of methoxy groups -OCH3 is 4. The fourth-order valence-corrected chi connectivity index (χ4v) is 17.0. The van der Waals surface area contributed by atoms with Crippen molar-refractivity contribution in [3.8, 4) is 78.8 Å². The van der Waals surface area contributed by atoms with Crippen LogP contribution in [-0.4, -0.2) is 199 Å². The predicted molar refractivity (Wildman–Crippen MR) is 433 cm³/mol. The second-order valence-electron chi connectivity index (χ2n) is 31.9. The summed E-state index contributed by atoms with van der Waals surface area (Å²) in [4.78, 5) is 143. The Bertz CT molecular complexity index is 4550. The number of hydrogen-bond donors (Lipinski definition) is 8. The lowest BCUT2D eigenvalue weighted by Crippen LogP contribution is -2.51. The number of ether oxygens (including phenoxy) is 6. The number of likely N-dealkylation sites (tertiary alicyclic amines) is 4. The second kappa shape index (κ2) is 36.4. The molecule has 8 N–H and O–H groups in total. The van der Waals surface area contributed by atoms with Crippen LogP contribution in [0, 0.1) is 23.7 Å². The molecule has 9 heterocycles. The number of benzene rings is 4. The number of carbonyl (C=O) groups is 8. The van der Waals surface area contributed by atoms with Crippen molar-refractivity contribution in [2.24, 2.45) is 23.7 Å². The van der Waals surface area contributed by atoms with E-state index >= 15 is 0 Å². The highest BCUT2D eigenvalue weighted by atomic mass is 16.6. The van der Waals surface area contributed by atoms with Crippen molar-refractivity contribution < 1.29 is 66.8 Å². The van der Waals surface area contributed by atoms with E-state index in [1.54, 1.807) is 22.2 Å². The number of carbonyl (C=O) groups excluding carboxylic acids is 8. The number of imidazole rings is 4. The molecule has 6 aliphatic rings. The molecular weight excluding hydrogens is 1480 g/mol. The largest absolute Gasteiger partial charge is 0.485 e. The van der Waals surface area contributed by atoms with Crippen molar-refractivity contribution >= 4 is 48.0 Å². The first-order valence-corrected chi connectivity index (χ1v) is 40.6. The zero-order valence-electron chi connectivity index (χ0n) is 68.2. The zero-order valence-corrected chi connectivity index (χ0v) is 68.2. The fraction of sp³-hybridized carbons (Fsp3) is 0.488. The van der Waals surface area contributed by atoms with Gasteiger partial charge in [-0.15, -0.1) is 0 Å². The molecule has 0 bridgehead atoms. The third kappa shape index (κ3) is 17.6. The summed E-state index contributed by atoms with van der Waals surface area (Å²) in [5.74, 6) is 3.06. The van der Waals surface area contributed by atoms with Gasteiger partial charge in [-0.25, -0.2) is 39.1 Å². The highest BCUT2D eigenvalue weighted by molar-refractivity contribution is 5.90. The SMILES string of the molecule is COC(=O)N[C@H](C(=O)N1CCC[C@H]1c1ncc(-c2ccc(-c3ccc(-c4cnc([C@@H]5CCCN5C(=O)[C@@H](NC(=O)OC)C(C)C)[nH]4)c4c3CCCC4)cc2)[nH]1)C(C)C.COC(=O)N[C@H](C(=O)N1CCC[C@H]1c1ncc(-c2ccc(-c3ccc(-c4cnc([C@@H]5CCCN5C(=O)[C@@H](NC(=O)OC)C(C)C)[nH]4)c4c3OCCO4)cc2)[nH]1)C(C)C. The molecule has 30 heteroatoms. The minimum Gasteiger partial charge on any atom is -0.485 e. The van der Waals surface area contributed by atoms with Gasteiger partial charge in [-0.3, -0.25) is 19.2 Å². The number of nitrogens with zero attached hydrogens (tertiary/aromatic N) is 8. The molecule has 0 radical (unpaired) electrons. The van der Waals surface area contributed by atoms with Crippen LogP contribution in [0.4, 0.5) is 19.2 Å². The summed E-state index contributed by atoms with van der Waals surface area (Å²) in [6, 6.07) is 21.3. The Kier molecular flexibility index (Phi) is 25.8. The normalized spacial score (nSPS) is 18.8. The minimum absolute atomic E-state index is 0.103. The number of H-pyrrole nitrogens is 4. The third-order valence-corrected chi connectivity index (χ3v) is 23.2.